The summed E-state index contributed by atoms with van der Waals surface area (Å²) in [7, 11) is 1.83. The molecule has 0 fully saturated rings. The summed E-state index contributed by atoms with van der Waals surface area (Å²) in [6, 6.07) is 0. The molecule has 0 aromatic heterocycles. The molecule has 9 heavy (non-hydrogen) atoms. The van der Waals surface area contributed by atoms with Crippen molar-refractivity contribution in [2.45, 2.75) is 12.6 Å². The topological polar surface area (TPSA) is 40.0 Å². The van der Waals surface area contributed by atoms with Gasteiger partial charge in [0.1, 0.15) is 6.17 Å². The Morgan fingerprint density at radius 3 is 3.11 bits per heavy atom. The number of nitrogens with one attached hydrogen (secondary N) is 1. The average Bonchev–Trinajstić information content (AvgIpc) is 2.18. The predicted octanol–water partition coefficient (Wildman–Crippen LogP) is 0.397. The second kappa shape index (κ2) is 2.72. The molecule has 0 aromatic rings. The van der Waals surface area contributed by atoms with Crippen LogP contribution in [0.5, 0.6) is 0 Å². The minimum absolute atomic E-state index is 0.113. The van der Waals surface area contributed by atoms with Gasteiger partial charge in [-0.25, -0.2) is 0 Å². The number of thiocarbonyl (C=S) groups is 1. The zero-order valence-corrected chi connectivity index (χ0v) is 5.85. The molecule has 49 valence electrons. The Hall–Kier alpha value is -0.710. The molecule has 0 amide bonds. The molecule has 1 N–H and O–H groups in total. The van der Waals surface area contributed by atoms with E-state index in [-0.39, 0.29) is 6.17 Å². The largest absolute Gasteiger partial charge is 0.266 e. The summed E-state index contributed by atoms with van der Waals surface area (Å²) in [4.78, 5) is 0. The van der Waals surface area contributed by atoms with Crippen LogP contribution in [0.2, 0.25) is 0 Å². The summed E-state index contributed by atoms with van der Waals surface area (Å²) in [5.41, 5.74) is 2.76. The molecule has 1 heterocycles. The molecule has 1 radical (unpaired) electrons. The van der Waals surface area contributed by atoms with Gasteiger partial charge in [0, 0.05) is 18.8 Å². The van der Waals surface area contributed by atoms with E-state index >= 15 is 0 Å². The Bertz CT molecular complexity index is 135. The molecule has 1 atom stereocenters. The number of nitrogens with zero attached hydrogens (tertiary/aromatic N) is 3. The molecule has 1 unspecified atom stereocenters. The highest BCUT2D eigenvalue weighted by Gasteiger charge is 2.14. The fraction of sp³-hybridized carbons (Fsp3) is 0.750. The predicted molar refractivity (Wildman–Crippen MR) is 36.8 cm³/mol. The average molecular weight is 143 g/mol. The summed E-state index contributed by atoms with van der Waals surface area (Å²) in [5, 5.41) is 11.6. The molecular formula is C4H7N4S. The summed E-state index contributed by atoms with van der Waals surface area (Å²) < 4.78 is 0. The highest BCUT2D eigenvalue weighted by molar-refractivity contribution is 7.78. The molecule has 1 aliphatic rings. The number of rotatable bonds is 2. The molecule has 1 rings (SSSR count). The van der Waals surface area contributed by atoms with Gasteiger partial charge in [-0.05, 0) is 0 Å². The molecular weight excluding hydrogens is 136 g/mol. The van der Waals surface area contributed by atoms with Crippen LogP contribution in [-0.4, -0.2) is 23.6 Å². The van der Waals surface area contributed by atoms with Crippen LogP contribution in [0.3, 0.4) is 0 Å². The molecule has 0 saturated heterocycles. The maximum atomic E-state index is 4.54. The van der Waals surface area contributed by atoms with Crippen LogP contribution in [0.25, 0.3) is 0 Å². The van der Waals surface area contributed by atoms with Gasteiger partial charge >= 0.3 is 0 Å². The summed E-state index contributed by atoms with van der Waals surface area (Å²) >= 11 is 4.54. The van der Waals surface area contributed by atoms with Crippen LogP contribution < -0.4 is 5.43 Å². The Labute approximate surface area is 58.9 Å². The number of hydrogen-bond donors (Lipinski definition) is 1. The van der Waals surface area contributed by atoms with E-state index in [1.807, 2.05) is 7.05 Å². The van der Waals surface area contributed by atoms with Gasteiger partial charge in [-0.15, -0.1) is 0 Å². The molecule has 0 bridgehead atoms. The van der Waals surface area contributed by atoms with E-state index in [0.29, 0.717) is 6.42 Å². The highest BCUT2D eigenvalue weighted by Crippen LogP contribution is 2.03. The zero-order chi connectivity index (χ0) is 6.69. The first kappa shape index (κ1) is 6.41. The summed E-state index contributed by atoms with van der Waals surface area (Å²) in [6.45, 7) is 0. The normalized spacial score (nSPS) is 24.1. The standard InChI is InChI=1S/C4H7N4S/c1-8-4(2-3-9)5-6-7-8/h4H,2H2,1H3,(H,5,7). The highest BCUT2D eigenvalue weighted by atomic mass is 32.1. The first-order chi connectivity index (χ1) is 4.34. The van der Waals surface area contributed by atoms with Gasteiger partial charge in [0.05, 0.1) is 0 Å². The van der Waals surface area contributed by atoms with Crippen LogP contribution in [-0.2, 0) is 0 Å². The van der Waals surface area contributed by atoms with E-state index in [0.717, 1.165) is 0 Å². The quantitative estimate of drug-likeness (QED) is 0.569. The van der Waals surface area contributed by atoms with Gasteiger partial charge in [0.15, 0.2) is 0 Å². The Morgan fingerprint density at radius 1 is 1.89 bits per heavy atom. The zero-order valence-electron chi connectivity index (χ0n) is 5.03. The van der Waals surface area contributed by atoms with Crippen molar-refractivity contribution in [3.05, 3.63) is 0 Å². The lowest BCUT2D eigenvalue weighted by Crippen LogP contribution is -2.32. The van der Waals surface area contributed by atoms with E-state index in [1.165, 1.54) is 0 Å². The van der Waals surface area contributed by atoms with E-state index in [2.05, 4.69) is 33.5 Å². The Kier molecular flexibility index (Phi) is 1.94. The van der Waals surface area contributed by atoms with Crippen LogP contribution in [0.1, 0.15) is 6.42 Å². The minimum atomic E-state index is 0.113. The lowest BCUT2D eigenvalue weighted by molar-refractivity contribution is 0.274. The first-order valence-corrected chi connectivity index (χ1v) is 2.99. The lowest BCUT2D eigenvalue weighted by atomic mass is 10.4. The maximum Gasteiger partial charge on any atom is 0.139 e. The fourth-order valence-corrected chi connectivity index (χ4v) is 0.723. The van der Waals surface area contributed by atoms with Gasteiger partial charge in [0.2, 0.25) is 0 Å². The van der Waals surface area contributed by atoms with E-state index in [9.17, 15) is 0 Å². The summed E-state index contributed by atoms with van der Waals surface area (Å²) in [6.07, 6.45) is 0.779. The van der Waals surface area contributed by atoms with Gasteiger partial charge < -0.3 is 0 Å². The van der Waals surface area contributed by atoms with E-state index in [1.54, 1.807) is 5.01 Å². The van der Waals surface area contributed by atoms with Gasteiger partial charge in [0.25, 0.3) is 0 Å². The van der Waals surface area contributed by atoms with Crippen LogP contribution >= 0.6 is 12.2 Å². The second-order valence-corrected chi connectivity index (χ2v) is 2.05. The van der Waals surface area contributed by atoms with Crippen molar-refractivity contribution in [1.29, 1.82) is 0 Å². The van der Waals surface area contributed by atoms with Crippen molar-refractivity contribution in [2.75, 3.05) is 7.05 Å². The summed E-state index contributed by atoms with van der Waals surface area (Å²) in [5.74, 6) is 0. The number of hydrogen-bond acceptors (Lipinski definition) is 5. The monoisotopic (exact) mass is 143 g/mol. The van der Waals surface area contributed by atoms with Gasteiger partial charge in [-0.3, -0.25) is 10.4 Å². The van der Waals surface area contributed by atoms with Crippen molar-refractivity contribution in [3.8, 4) is 0 Å². The molecule has 0 aromatic carbocycles. The fourth-order valence-electron chi connectivity index (χ4n) is 0.566. The third-order valence-electron chi connectivity index (χ3n) is 1.12. The SMILES string of the molecule is CN1N=NNC1C[C]=S. The van der Waals surface area contributed by atoms with Crippen molar-refractivity contribution < 1.29 is 0 Å². The van der Waals surface area contributed by atoms with Crippen molar-refractivity contribution in [2.24, 2.45) is 10.4 Å². The van der Waals surface area contributed by atoms with Crippen LogP contribution in [0, 0.1) is 0 Å². The molecule has 0 spiro atoms. The van der Waals surface area contributed by atoms with E-state index in [4.69, 9.17) is 0 Å². The molecule has 4 nitrogen and oxygen atoms in total. The Morgan fingerprint density at radius 2 is 2.67 bits per heavy atom. The molecule has 0 saturated carbocycles. The lowest BCUT2D eigenvalue weighted by Gasteiger charge is -2.12. The third-order valence-corrected chi connectivity index (χ3v) is 1.29. The van der Waals surface area contributed by atoms with Crippen LogP contribution in [0.15, 0.2) is 10.4 Å². The first-order valence-electron chi connectivity index (χ1n) is 2.58. The van der Waals surface area contributed by atoms with E-state index < -0.39 is 0 Å². The smallest absolute Gasteiger partial charge is 0.139 e. The van der Waals surface area contributed by atoms with Crippen molar-refractivity contribution >= 4 is 17.6 Å². The molecule has 1 aliphatic heterocycles. The van der Waals surface area contributed by atoms with Gasteiger partial charge in [-0.1, -0.05) is 22.7 Å². The third kappa shape index (κ3) is 1.35. The second-order valence-electron chi connectivity index (χ2n) is 1.76. The minimum Gasteiger partial charge on any atom is -0.266 e. The molecule has 0 aliphatic carbocycles. The molecule has 5 heteroatoms. The van der Waals surface area contributed by atoms with Crippen molar-refractivity contribution in [3.63, 3.8) is 0 Å². The van der Waals surface area contributed by atoms with Crippen molar-refractivity contribution in [1.82, 2.24) is 10.4 Å². The Balaban J connectivity index is 2.36. The van der Waals surface area contributed by atoms with Gasteiger partial charge in [-0.2, -0.15) is 0 Å². The maximum absolute atomic E-state index is 4.54. The van der Waals surface area contributed by atoms with Crippen LogP contribution in [0.4, 0.5) is 0 Å².